The van der Waals surface area contributed by atoms with E-state index in [1.807, 2.05) is 67.3 Å². The Hall–Kier alpha value is -5.68. The number of carbonyl (C=O) groups is 4. The number of halogens is 2. The lowest BCUT2D eigenvalue weighted by molar-refractivity contribution is -0.139. The normalized spacial score (nSPS) is 19.6. The summed E-state index contributed by atoms with van der Waals surface area (Å²) in [5.41, 5.74) is 4.96. The summed E-state index contributed by atoms with van der Waals surface area (Å²) >= 11 is 0. The monoisotopic (exact) mass is 842 g/mol. The number of aliphatic hydroxyl groups is 1. The Morgan fingerprint density at radius 1 is 0.883 bits per heavy atom. The van der Waals surface area contributed by atoms with Gasteiger partial charge in [-0.15, -0.1) is 0 Å². The van der Waals surface area contributed by atoms with E-state index in [9.17, 15) is 33.1 Å². The number of H-pyrrole nitrogens is 2. The standard InChI is InChI=1S/C43H52F2N8O6Si/c1-23(2)35(49-34(55)19-54)41(57)53-22-60(6,7)20-33(53)39-47-30-15-13-28-16-27(12-14-29(28)37(30)50-39)25-8-10-26(11-9-25)31-18-46-38(48-31)32-17-43(44,45)21-52(32)40(56)36(24(3)4)51-42(58)59-5/h8-16,18,23-24,32-33,35-36,54H,17,19-22H2,1-7H3,(H,46,48)(H,47,50)(H,49,55)(H,51,58)/t32?,33?,35-,36-/m0/s1. The molecule has 4 heterocycles. The first kappa shape index (κ1) is 42.4. The molecule has 2 aliphatic heterocycles. The summed E-state index contributed by atoms with van der Waals surface area (Å²) in [6, 6.07) is 15.7. The van der Waals surface area contributed by atoms with Crippen LogP contribution in [0.2, 0.25) is 19.1 Å². The first-order valence-corrected chi connectivity index (χ1v) is 23.6. The van der Waals surface area contributed by atoms with Gasteiger partial charge < -0.3 is 40.2 Å². The second kappa shape index (κ2) is 16.4. The number of likely N-dealkylation sites (tertiary alicyclic amines) is 1. The molecule has 17 heteroatoms. The number of ether oxygens (including phenoxy) is 1. The SMILES string of the molecule is COC(=O)N[C@H](C(=O)N1CC(F)(F)CC1c1ncc(-c2ccc(-c3ccc4c(ccc5[nH]c(C6C[Si](C)(C)CN6C(=O)[C@@H](NC(=O)CO)C(C)C)nc54)c3)cc2)[nH]1)C(C)C. The maximum absolute atomic E-state index is 14.8. The fourth-order valence-corrected chi connectivity index (χ4v) is 11.4. The van der Waals surface area contributed by atoms with E-state index in [4.69, 9.17) is 4.98 Å². The number of nitrogens with zero attached hydrogens (tertiary/aromatic N) is 4. The van der Waals surface area contributed by atoms with Gasteiger partial charge in [-0.2, -0.15) is 0 Å². The van der Waals surface area contributed by atoms with Crippen LogP contribution in [0.15, 0.2) is 60.8 Å². The molecule has 2 saturated heterocycles. The van der Waals surface area contributed by atoms with Crippen molar-refractivity contribution >= 4 is 53.7 Å². The molecule has 5 aromatic rings. The number of alkyl halides is 2. The average Bonchev–Trinajstić information content (AvgIpc) is 4.01. The van der Waals surface area contributed by atoms with Crippen molar-refractivity contribution in [3.63, 3.8) is 0 Å². The number of nitrogens with one attached hydrogen (secondary N) is 4. The predicted molar refractivity (Wildman–Crippen MR) is 225 cm³/mol. The number of imidazole rings is 2. The molecule has 2 unspecified atom stereocenters. The smallest absolute Gasteiger partial charge is 0.407 e. The Kier molecular flexibility index (Phi) is 11.6. The molecule has 2 aromatic heterocycles. The summed E-state index contributed by atoms with van der Waals surface area (Å²) in [5.74, 6) is -4.14. The Bertz CT molecular complexity index is 2430. The molecule has 0 bridgehead atoms. The van der Waals surface area contributed by atoms with E-state index in [0.717, 1.165) is 49.4 Å². The Morgan fingerprint density at radius 2 is 1.53 bits per heavy atom. The van der Waals surface area contributed by atoms with Crippen LogP contribution in [0.1, 0.15) is 57.8 Å². The van der Waals surface area contributed by atoms with Gasteiger partial charge in [0.1, 0.15) is 30.3 Å². The molecule has 2 aliphatic rings. The molecule has 4 amide bonds. The molecule has 5 N–H and O–H groups in total. The van der Waals surface area contributed by atoms with E-state index in [2.05, 4.69) is 49.5 Å². The number of alkyl carbamates (subject to hydrolysis) is 1. The molecule has 0 aliphatic carbocycles. The molecular weight excluding hydrogens is 791 g/mol. The van der Waals surface area contributed by atoms with Crippen LogP contribution < -0.4 is 10.6 Å². The van der Waals surface area contributed by atoms with Gasteiger partial charge >= 0.3 is 6.09 Å². The van der Waals surface area contributed by atoms with E-state index in [-0.39, 0.29) is 29.6 Å². The summed E-state index contributed by atoms with van der Waals surface area (Å²) in [6.45, 7) is 10.2. The second-order valence-electron chi connectivity index (χ2n) is 17.5. The summed E-state index contributed by atoms with van der Waals surface area (Å²) in [6.07, 6.45) is 0.772. The first-order valence-electron chi connectivity index (χ1n) is 20.2. The largest absolute Gasteiger partial charge is 0.453 e. The lowest BCUT2D eigenvalue weighted by Gasteiger charge is -2.30. The molecular formula is C43H52F2N8O6Si. The lowest BCUT2D eigenvalue weighted by atomic mass is 9.99. The molecule has 4 atom stereocenters. The third-order valence-corrected chi connectivity index (χ3v) is 14.3. The van der Waals surface area contributed by atoms with Gasteiger partial charge in [0, 0.05) is 18.0 Å². The van der Waals surface area contributed by atoms with Crippen LogP contribution in [0.5, 0.6) is 0 Å². The zero-order valence-electron chi connectivity index (χ0n) is 34.8. The number of rotatable bonds is 11. The van der Waals surface area contributed by atoms with Crippen molar-refractivity contribution in [3.05, 3.63) is 72.4 Å². The van der Waals surface area contributed by atoms with Gasteiger partial charge in [0.25, 0.3) is 5.92 Å². The maximum atomic E-state index is 14.8. The van der Waals surface area contributed by atoms with Gasteiger partial charge in [0.05, 0.1) is 56.7 Å². The maximum Gasteiger partial charge on any atom is 0.407 e. The van der Waals surface area contributed by atoms with Crippen molar-refractivity contribution in [1.29, 1.82) is 0 Å². The summed E-state index contributed by atoms with van der Waals surface area (Å²) in [5, 5.41) is 16.5. The minimum Gasteiger partial charge on any atom is -0.453 e. The van der Waals surface area contributed by atoms with Crippen LogP contribution in [0.3, 0.4) is 0 Å². The van der Waals surface area contributed by atoms with Crippen LogP contribution in [-0.2, 0) is 19.1 Å². The van der Waals surface area contributed by atoms with Crippen molar-refractivity contribution in [2.24, 2.45) is 11.8 Å². The molecule has 60 heavy (non-hydrogen) atoms. The van der Waals surface area contributed by atoms with Gasteiger partial charge in [-0.3, -0.25) is 14.4 Å². The van der Waals surface area contributed by atoms with Gasteiger partial charge in [0.15, 0.2) is 0 Å². The number of aliphatic hydroxyl groups excluding tert-OH is 1. The Labute approximate surface area is 347 Å². The second-order valence-corrected chi connectivity index (χ2v) is 22.5. The van der Waals surface area contributed by atoms with E-state index in [1.54, 1.807) is 20.0 Å². The minimum absolute atomic E-state index is 0.171. The van der Waals surface area contributed by atoms with Crippen molar-refractivity contribution in [1.82, 2.24) is 40.4 Å². The number of amides is 4. The number of aromatic amines is 2. The topological polar surface area (TPSA) is 186 Å². The first-order chi connectivity index (χ1) is 28.4. The minimum atomic E-state index is -3.14. The number of carbonyl (C=O) groups excluding carboxylic acids is 4. The highest BCUT2D eigenvalue weighted by Crippen LogP contribution is 2.42. The Morgan fingerprint density at radius 3 is 2.20 bits per heavy atom. The molecule has 0 radical (unpaired) electrons. The number of hydrogen-bond acceptors (Lipinski definition) is 8. The molecule has 0 spiro atoms. The van der Waals surface area contributed by atoms with Gasteiger partial charge in [-0.05, 0) is 52.1 Å². The third-order valence-electron chi connectivity index (χ3n) is 11.6. The molecule has 7 rings (SSSR count). The number of fused-ring (bicyclic) bond motifs is 3. The highest BCUT2D eigenvalue weighted by Gasteiger charge is 2.50. The van der Waals surface area contributed by atoms with E-state index in [0.29, 0.717) is 17.7 Å². The molecule has 318 valence electrons. The van der Waals surface area contributed by atoms with Gasteiger partial charge in [0.2, 0.25) is 17.7 Å². The summed E-state index contributed by atoms with van der Waals surface area (Å²) in [7, 11) is -0.651. The van der Waals surface area contributed by atoms with Crippen LogP contribution in [0.4, 0.5) is 13.6 Å². The molecule has 2 fully saturated rings. The van der Waals surface area contributed by atoms with Crippen molar-refractivity contribution in [2.75, 3.05) is 26.4 Å². The average molecular weight is 843 g/mol. The zero-order valence-corrected chi connectivity index (χ0v) is 35.8. The van der Waals surface area contributed by atoms with Crippen molar-refractivity contribution < 1.29 is 37.8 Å². The zero-order chi connectivity index (χ0) is 43.3. The summed E-state index contributed by atoms with van der Waals surface area (Å²) < 4.78 is 34.3. The quantitative estimate of drug-likeness (QED) is 0.0956. The van der Waals surface area contributed by atoms with E-state index in [1.165, 1.54) is 7.11 Å². The Balaban J connectivity index is 1.11. The predicted octanol–water partition coefficient (Wildman–Crippen LogP) is 6.33. The highest BCUT2D eigenvalue weighted by molar-refractivity contribution is 6.78. The van der Waals surface area contributed by atoms with Crippen LogP contribution in [-0.4, -0.2) is 111 Å². The number of hydrogen-bond donors (Lipinski definition) is 5. The van der Waals surface area contributed by atoms with E-state index >= 15 is 0 Å². The fourth-order valence-electron chi connectivity index (χ4n) is 8.48. The van der Waals surface area contributed by atoms with E-state index < -0.39 is 69.6 Å². The number of aromatic nitrogens is 4. The number of methoxy groups -OCH3 is 1. The van der Waals surface area contributed by atoms with Gasteiger partial charge in [-0.1, -0.05) is 83.3 Å². The highest BCUT2D eigenvalue weighted by atomic mass is 28.3. The number of benzene rings is 3. The fraction of sp³-hybridized carbons (Fsp3) is 0.442. The molecule has 0 saturated carbocycles. The third kappa shape index (κ3) is 8.50. The van der Waals surface area contributed by atoms with Gasteiger partial charge in [-0.25, -0.2) is 23.5 Å². The molecule has 3 aromatic carbocycles. The lowest BCUT2D eigenvalue weighted by Crippen LogP contribution is -2.52. The van der Waals surface area contributed by atoms with Crippen LogP contribution >= 0.6 is 0 Å². The molecule has 14 nitrogen and oxygen atoms in total. The van der Waals surface area contributed by atoms with Crippen LogP contribution in [0.25, 0.3) is 44.2 Å². The summed E-state index contributed by atoms with van der Waals surface area (Å²) in [4.78, 5) is 70.7. The van der Waals surface area contributed by atoms with Crippen molar-refractivity contribution in [3.8, 4) is 22.4 Å². The van der Waals surface area contributed by atoms with Crippen molar-refractivity contribution in [2.45, 2.75) is 83.3 Å². The van der Waals surface area contributed by atoms with Crippen LogP contribution in [0, 0.1) is 11.8 Å².